The molecule has 6 nitrogen and oxygen atoms in total. The molecule has 3 aromatic heterocycles. The highest BCUT2D eigenvalue weighted by atomic mass is 35.5. The van der Waals surface area contributed by atoms with Crippen LogP contribution in [0.4, 0.5) is 5.82 Å². The largest absolute Gasteiger partial charge is 0.357 e. The van der Waals surface area contributed by atoms with E-state index in [1.165, 1.54) is 0 Å². The van der Waals surface area contributed by atoms with E-state index in [0.717, 1.165) is 33.8 Å². The summed E-state index contributed by atoms with van der Waals surface area (Å²) >= 11 is 6.13. The minimum absolute atomic E-state index is 0.228. The monoisotopic (exact) mass is 426 g/mol. The van der Waals surface area contributed by atoms with Gasteiger partial charge in [0.15, 0.2) is 5.65 Å². The summed E-state index contributed by atoms with van der Waals surface area (Å²) in [6, 6.07) is 19.7. The standard InChI is InChI=1S/C24H19ClN6/c1-15-13-21(31-20-6-4-3-5-19(20)28-23(31)18(15)14-26)29-22(24-27-11-12-30(24)2)16-7-9-17(25)10-8-16/h3-13,22,29H,1-2H3. The van der Waals surface area contributed by atoms with Crippen molar-refractivity contribution in [3.8, 4) is 6.07 Å². The van der Waals surface area contributed by atoms with Gasteiger partial charge in [-0.25, -0.2) is 9.97 Å². The molecule has 5 rings (SSSR count). The first-order chi connectivity index (χ1) is 15.1. The zero-order valence-corrected chi connectivity index (χ0v) is 17.8. The Kier molecular flexibility index (Phi) is 4.61. The Morgan fingerprint density at radius 1 is 1.13 bits per heavy atom. The predicted molar refractivity (Wildman–Crippen MR) is 122 cm³/mol. The quantitative estimate of drug-likeness (QED) is 0.425. The van der Waals surface area contributed by atoms with Gasteiger partial charge in [-0.2, -0.15) is 5.26 Å². The number of aryl methyl sites for hydroxylation is 2. The first-order valence-corrected chi connectivity index (χ1v) is 10.2. The van der Waals surface area contributed by atoms with Gasteiger partial charge in [0.05, 0.1) is 16.6 Å². The van der Waals surface area contributed by atoms with Crippen LogP contribution in [0.15, 0.2) is 67.0 Å². The Morgan fingerprint density at radius 2 is 1.90 bits per heavy atom. The Morgan fingerprint density at radius 3 is 2.61 bits per heavy atom. The lowest BCUT2D eigenvalue weighted by molar-refractivity contribution is 0.744. The van der Waals surface area contributed by atoms with Crippen LogP contribution in [-0.2, 0) is 7.05 Å². The molecule has 1 atom stereocenters. The molecule has 152 valence electrons. The van der Waals surface area contributed by atoms with Crippen LogP contribution in [-0.4, -0.2) is 18.9 Å². The van der Waals surface area contributed by atoms with Gasteiger partial charge in [-0.3, -0.25) is 4.40 Å². The third-order valence-corrected chi connectivity index (χ3v) is 5.75. The SMILES string of the molecule is Cc1cc(NC(c2ccc(Cl)cc2)c2nccn2C)n2c(nc3ccccc32)c1C#N. The summed E-state index contributed by atoms with van der Waals surface area (Å²) in [6.07, 6.45) is 3.71. The molecule has 1 unspecified atom stereocenters. The van der Waals surface area contributed by atoms with E-state index in [1.807, 2.05) is 83.7 Å². The molecular formula is C24H19ClN6. The van der Waals surface area contributed by atoms with Gasteiger partial charge in [-0.15, -0.1) is 0 Å². The molecule has 3 heterocycles. The van der Waals surface area contributed by atoms with Crippen molar-refractivity contribution >= 4 is 34.1 Å². The van der Waals surface area contributed by atoms with Crippen LogP contribution in [0.1, 0.15) is 28.6 Å². The lowest BCUT2D eigenvalue weighted by atomic mass is 10.1. The number of pyridine rings is 1. The van der Waals surface area contributed by atoms with Gasteiger partial charge in [0.2, 0.25) is 0 Å². The van der Waals surface area contributed by atoms with Gasteiger partial charge in [0, 0.05) is 24.5 Å². The Labute approximate surface area is 184 Å². The zero-order valence-electron chi connectivity index (χ0n) is 17.0. The molecule has 2 aromatic carbocycles. The lowest BCUT2D eigenvalue weighted by Gasteiger charge is -2.22. The Bertz CT molecular complexity index is 1460. The van der Waals surface area contributed by atoms with Crippen molar-refractivity contribution in [2.75, 3.05) is 5.32 Å². The summed E-state index contributed by atoms with van der Waals surface area (Å²) in [5.74, 6) is 1.70. The van der Waals surface area contributed by atoms with Crippen molar-refractivity contribution in [3.05, 3.63) is 94.5 Å². The van der Waals surface area contributed by atoms with Crippen molar-refractivity contribution in [1.82, 2.24) is 18.9 Å². The Hall–Kier alpha value is -3.82. The lowest BCUT2D eigenvalue weighted by Crippen LogP contribution is -2.18. The van der Waals surface area contributed by atoms with Crippen LogP contribution >= 0.6 is 11.6 Å². The van der Waals surface area contributed by atoms with Gasteiger partial charge < -0.3 is 9.88 Å². The van der Waals surface area contributed by atoms with E-state index in [0.29, 0.717) is 16.2 Å². The fourth-order valence-corrected chi connectivity index (χ4v) is 4.08. The van der Waals surface area contributed by atoms with Gasteiger partial charge in [0.1, 0.15) is 23.8 Å². The molecule has 31 heavy (non-hydrogen) atoms. The number of fused-ring (bicyclic) bond motifs is 3. The average Bonchev–Trinajstić information content (AvgIpc) is 3.36. The highest BCUT2D eigenvalue weighted by Crippen LogP contribution is 2.31. The number of rotatable bonds is 4. The van der Waals surface area contributed by atoms with Gasteiger partial charge in [0.25, 0.3) is 0 Å². The molecule has 0 bridgehead atoms. The topological polar surface area (TPSA) is 70.9 Å². The second kappa shape index (κ2) is 7.46. The van der Waals surface area contributed by atoms with E-state index in [4.69, 9.17) is 16.6 Å². The molecule has 1 N–H and O–H groups in total. The van der Waals surface area contributed by atoms with E-state index >= 15 is 0 Å². The minimum atomic E-state index is -0.228. The number of nitrogens with zero attached hydrogens (tertiary/aromatic N) is 5. The fraction of sp³-hybridized carbons (Fsp3) is 0.125. The number of para-hydroxylation sites is 2. The maximum absolute atomic E-state index is 9.76. The smallest absolute Gasteiger partial charge is 0.157 e. The first-order valence-electron chi connectivity index (χ1n) is 9.87. The van der Waals surface area contributed by atoms with Crippen molar-refractivity contribution in [2.24, 2.45) is 7.05 Å². The fourth-order valence-electron chi connectivity index (χ4n) is 3.96. The zero-order chi connectivity index (χ0) is 21.5. The molecular weight excluding hydrogens is 408 g/mol. The summed E-state index contributed by atoms with van der Waals surface area (Å²) in [6.45, 7) is 1.93. The van der Waals surface area contributed by atoms with Gasteiger partial charge >= 0.3 is 0 Å². The summed E-state index contributed by atoms with van der Waals surface area (Å²) in [7, 11) is 1.97. The molecule has 0 aliphatic rings. The maximum Gasteiger partial charge on any atom is 0.157 e. The van der Waals surface area contributed by atoms with Crippen molar-refractivity contribution < 1.29 is 0 Å². The van der Waals surface area contributed by atoms with Crippen molar-refractivity contribution in [2.45, 2.75) is 13.0 Å². The number of imidazole rings is 2. The number of nitriles is 1. The highest BCUT2D eigenvalue weighted by Gasteiger charge is 2.22. The van der Waals surface area contributed by atoms with Crippen LogP contribution < -0.4 is 5.32 Å². The number of benzene rings is 2. The van der Waals surface area contributed by atoms with Crippen LogP contribution in [0.3, 0.4) is 0 Å². The summed E-state index contributed by atoms with van der Waals surface area (Å²) in [5.41, 5.74) is 4.88. The molecule has 0 fully saturated rings. The summed E-state index contributed by atoms with van der Waals surface area (Å²) < 4.78 is 4.00. The number of nitrogens with one attached hydrogen (secondary N) is 1. The minimum Gasteiger partial charge on any atom is -0.357 e. The van der Waals surface area contributed by atoms with E-state index in [1.54, 1.807) is 6.20 Å². The number of anilines is 1. The second-order valence-electron chi connectivity index (χ2n) is 7.48. The Balaban J connectivity index is 1.75. The summed E-state index contributed by atoms with van der Waals surface area (Å²) in [4.78, 5) is 9.33. The first kappa shape index (κ1) is 19.2. The number of hydrogen-bond donors (Lipinski definition) is 1. The van der Waals surface area contributed by atoms with Gasteiger partial charge in [-0.1, -0.05) is 35.9 Å². The van der Waals surface area contributed by atoms with Crippen molar-refractivity contribution in [3.63, 3.8) is 0 Å². The third-order valence-electron chi connectivity index (χ3n) is 5.50. The molecule has 0 saturated carbocycles. The molecule has 0 aliphatic carbocycles. The highest BCUT2D eigenvalue weighted by molar-refractivity contribution is 6.30. The third kappa shape index (κ3) is 3.20. The molecule has 5 aromatic rings. The second-order valence-corrected chi connectivity index (χ2v) is 7.92. The molecule has 0 aliphatic heterocycles. The number of hydrogen-bond acceptors (Lipinski definition) is 4. The molecule has 0 radical (unpaired) electrons. The van der Waals surface area contributed by atoms with E-state index in [9.17, 15) is 5.26 Å². The van der Waals surface area contributed by atoms with E-state index < -0.39 is 0 Å². The maximum atomic E-state index is 9.76. The number of halogens is 1. The molecule has 0 amide bonds. The van der Waals surface area contributed by atoms with Crippen molar-refractivity contribution in [1.29, 1.82) is 5.26 Å². The predicted octanol–water partition coefficient (Wildman–Crippen LogP) is 5.26. The van der Waals surface area contributed by atoms with Crippen LogP contribution in [0.5, 0.6) is 0 Å². The molecule has 0 saturated heterocycles. The van der Waals surface area contributed by atoms with Gasteiger partial charge in [-0.05, 0) is 48.4 Å². The molecule has 7 heteroatoms. The molecule has 0 spiro atoms. The van der Waals surface area contributed by atoms with E-state index in [2.05, 4.69) is 16.4 Å². The average molecular weight is 427 g/mol. The van der Waals surface area contributed by atoms with Crippen LogP contribution in [0.2, 0.25) is 5.02 Å². The van der Waals surface area contributed by atoms with Crippen LogP contribution in [0.25, 0.3) is 16.7 Å². The number of aromatic nitrogens is 4. The van der Waals surface area contributed by atoms with E-state index in [-0.39, 0.29) is 6.04 Å². The summed E-state index contributed by atoms with van der Waals surface area (Å²) in [5, 5.41) is 14.1. The van der Waals surface area contributed by atoms with Crippen LogP contribution in [0, 0.1) is 18.3 Å². The normalized spacial score (nSPS) is 12.2.